The monoisotopic (exact) mass is 370 g/mol. The van der Waals surface area contributed by atoms with Gasteiger partial charge in [0.25, 0.3) is 0 Å². The van der Waals surface area contributed by atoms with E-state index in [2.05, 4.69) is 21.9 Å². The number of hydrogen-bond acceptors (Lipinski definition) is 4. The maximum absolute atomic E-state index is 12.8. The van der Waals surface area contributed by atoms with Gasteiger partial charge in [-0.3, -0.25) is 14.4 Å². The fourth-order valence-electron chi connectivity index (χ4n) is 4.86. The minimum atomic E-state index is -0.0153. The maximum Gasteiger partial charge on any atom is 0.244 e. The zero-order valence-electron chi connectivity index (χ0n) is 16.7. The second-order valence-electron chi connectivity index (χ2n) is 7.96. The van der Waals surface area contributed by atoms with E-state index in [1.807, 2.05) is 35.8 Å². The number of likely N-dealkylation sites (tertiary alicyclic amines) is 1. The molecule has 0 bridgehead atoms. The number of carbonyl (C=O) groups excluding carboxylic acids is 1. The van der Waals surface area contributed by atoms with Crippen LogP contribution in [-0.4, -0.2) is 61.6 Å². The Bertz CT molecular complexity index is 814. The van der Waals surface area contributed by atoms with E-state index in [0.717, 1.165) is 63.3 Å². The highest BCUT2D eigenvalue weighted by Crippen LogP contribution is 2.42. The first-order valence-corrected chi connectivity index (χ1v) is 10.1. The molecule has 0 unspecified atom stereocenters. The van der Waals surface area contributed by atoms with E-state index in [1.54, 1.807) is 0 Å². The number of hydrogen-bond donors (Lipinski definition) is 1. The number of amides is 1. The van der Waals surface area contributed by atoms with E-state index in [0.29, 0.717) is 6.54 Å². The second kappa shape index (κ2) is 7.11. The first-order chi connectivity index (χ1) is 13.0. The Morgan fingerprint density at radius 1 is 1.26 bits per heavy atom. The molecule has 4 rings (SSSR count). The number of nitrogens with zero attached hydrogens (tertiary/aromatic N) is 5. The van der Waals surface area contributed by atoms with Crippen molar-refractivity contribution in [2.75, 3.05) is 26.2 Å². The number of aryl methyl sites for hydroxylation is 2. The molecule has 1 N–H and O–H groups in total. The number of carbonyl (C=O) groups is 1. The Kier molecular flexibility index (Phi) is 4.80. The SMILES string of the molecule is CCCN1CCc2[nH]cnc2C12CCN(C(=O)Cn1nc(C)cc1C)CC2. The summed E-state index contributed by atoms with van der Waals surface area (Å²) in [6, 6.07) is 2.02. The number of fused-ring (bicyclic) bond motifs is 2. The third kappa shape index (κ3) is 3.18. The summed E-state index contributed by atoms with van der Waals surface area (Å²) in [5, 5.41) is 4.43. The summed E-state index contributed by atoms with van der Waals surface area (Å²) in [5.74, 6) is 0.163. The van der Waals surface area contributed by atoms with Gasteiger partial charge in [0.15, 0.2) is 0 Å². The average molecular weight is 371 g/mol. The van der Waals surface area contributed by atoms with Gasteiger partial charge in [-0.2, -0.15) is 5.10 Å². The quantitative estimate of drug-likeness (QED) is 0.894. The molecule has 2 aliphatic heterocycles. The van der Waals surface area contributed by atoms with Crippen molar-refractivity contribution in [3.8, 4) is 0 Å². The Labute approximate surface area is 160 Å². The molecule has 1 amide bonds. The molecule has 0 saturated carbocycles. The van der Waals surface area contributed by atoms with Gasteiger partial charge in [-0.05, 0) is 45.7 Å². The van der Waals surface area contributed by atoms with Gasteiger partial charge in [0.2, 0.25) is 5.91 Å². The van der Waals surface area contributed by atoms with Crippen molar-refractivity contribution in [2.45, 2.75) is 58.5 Å². The summed E-state index contributed by atoms with van der Waals surface area (Å²) in [6.07, 6.45) is 5.92. The Morgan fingerprint density at radius 2 is 2.04 bits per heavy atom. The third-order valence-corrected chi connectivity index (χ3v) is 6.22. The Balaban J connectivity index is 1.48. The van der Waals surface area contributed by atoms with Gasteiger partial charge >= 0.3 is 0 Å². The van der Waals surface area contributed by atoms with Crippen LogP contribution in [0.4, 0.5) is 0 Å². The van der Waals surface area contributed by atoms with Crippen LogP contribution in [0.3, 0.4) is 0 Å². The van der Waals surface area contributed by atoms with Gasteiger partial charge < -0.3 is 9.88 Å². The summed E-state index contributed by atoms with van der Waals surface area (Å²) in [4.78, 5) is 25.5. The number of rotatable bonds is 4. The molecular formula is C20H30N6O. The number of aromatic amines is 1. The zero-order chi connectivity index (χ0) is 19.0. The van der Waals surface area contributed by atoms with Crippen molar-refractivity contribution in [3.63, 3.8) is 0 Å². The first kappa shape index (κ1) is 18.2. The van der Waals surface area contributed by atoms with Crippen molar-refractivity contribution in [2.24, 2.45) is 0 Å². The van der Waals surface area contributed by atoms with Gasteiger partial charge in [0, 0.05) is 37.4 Å². The summed E-state index contributed by atoms with van der Waals surface area (Å²) in [5.41, 5.74) is 4.48. The molecule has 0 aromatic carbocycles. The van der Waals surface area contributed by atoms with Gasteiger partial charge in [-0.25, -0.2) is 4.98 Å². The molecular weight excluding hydrogens is 340 g/mol. The topological polar surface area (TPSA) is 70.1 Å². The lowest BCUT2D eigenvalue weighted by Crippen LogP contribution is -2.57. The molecule has 7 heteroatoms. The summed E-state index contributed by atoms with van der Waals surface area (Å²) < 4.78 is 1.82. The average Bonchev–Trinajstić information content (AvgIpc) is 3.25. The number of aromatic nitrogens is 4. The largest absolute Gasteiger partial charge is 0.348 e. The lowest BCUT2D eigenvalue weighted by molar-refractivity contribution is -0.135. The van der Waals surface area contributed by atoms with Crippen molar-refractivity contribution in [3.05, 3.63) is 35.2 Å². The maximum atomic E-state index is 12.8. The highest BCUT2D eigenvalue weighted by atomic mass is 16.2. The summed E-state index contributed by atoms with van der Waals surface area (Å²) in [6.45, 7) is 10.3. The smallest absolute Gasteiger partial charge is 0.244 e. The molecule has 2 aliphatic rings. The molecule has 7 nitrogen and oxygen atoms in total. The Morgan fingerprint density at radius 3 is 2.70 bits per heavy atom. The molecule has 0 aliphatic carbocycles. The predicted molar refractivity (Wildman–Crippen MR) is 103 cm³/mol. The van der Waals surface area contributed by atoms with Crippen LogP contribution in [0.15, 0.2) is 12.4 Å². The number of H-pyrrole nitrogens is 1. The van der Waals surface area contributed by atoms with Gasteiger partial charge in [-0.15, -0.1) is 0 Å². The molecule has 1 saturated heterocycles. The molecule has 0 radical (unpaired) electrons. The van der Waals surface area contributed by atoms with E-state index in [1.165, 1.54) is 11.4 Å². The van der Waals surface area contributed by atoms with Crippen molar-refractivity contribution in [1.29, 1.82) is 0 Å². The van der Waals surface area contributed by atoms with E-state index in [4.69, 9.17) is 4.98 Å². The van der Waals surface area contributed by atoms with Crippen molar-refractivity contribution in [1.82, 2.24) is 29.5 Å². The van der Waals surface area contributed by atoms with E-state index in [9.17, 15) is 4.79 Å². The summed E-state index contributed by atoms with van der Waals surface area (Å²) >= 11 is 0. The van der Waals surface area contributed by atoms with E-state index >= 15 is 0 Å². The zero-order valence-corrected chi connectivity index (χ0v) is 16.7. The molecule has 2 aromatic heterocycles. The molecule has 146 valence electrons. The number of imidazole rings is 1. The van der Waals surface area contributed by atoms with Crippen LogP contribution < -0.4 is 0 Å². The third-order valence-electron chi connectivity index (χ3n) is 6.22. The van der Waals surface area contributed by atoms with Gasteiger partial charge in [0.1, 0.15) is 6.54 Å². The minimum Gasteiger partial charge on any atom is -0.348 e. The molecule has 1 spiro atoms. The molecule has 27 heavy (non-hydrogen) atoms. The lowest BCUT2D eigenvalue weighted by atomic mass is 9.78. The fraction of sp³-hybridized carbons (Fsp3) is 0.650. The van der Waals surface area contributed by atoms with Crippen LogP contribution in [0.2, 0.25) is 0 Å². The standard InChI is InChI=1S/C20H30N6O/c1-4-8-25-9-5-17-19(22-14-21-17)20(25)6-10-24(11-7-20)18(27)13-26-16(3)12-15(2)23-26/h12,14H,4-11,13H2,1-3H3,(H,21,22). The Hall–Kier alpha value is -2.15. The highest BCUT2D eigenvalue weighted by Gasteiger charge is 2.46. The highest BCUT2D eigenvalue weighted by molar-refractivity contribution is 5.76. The second-order valence-corrected chi connectivity index (χ2v) is 7.96. The molecule has 4 heterocycles. The van der Waals surface area contributed by atoms with Crippen LogP contribution in [-0.2, 0) is 23.3 Å². The van der Waals surface area contributed by atoms with E-state index in [-0.39, 0.29) is 11.4 Å². The van der Waals surface area contributed by atoms with Crippen LogP contribution in [0.1, 0.15) is 49.0 Å². The molecule has 1 fully saturated rings. The number of nitrogens with one attached hydrogen (secondary N) is 1. The predicted octanol–water partition coefficient (Wildman–Crippen LogP) is 2.01. The summed E-state index contributed by atoms with van der Waals surface area (Å²) in [7, 11) is 0. The number of piperidine rings is 1. The van der Waals surface area contributed by atoms with Crippen LogP contribution in [0.5, 0.6) is 0 Å². The van der Waals surface area contributed by atoms with E-state index < -0.39 is 0 Å². The first-order valence-electron chi connectivity index (χ1n) is 10.1. The van der Waals surface area contributed by atoms with Crippen molar-refractivity contribution >= 4 is 5.91 Å². The minimum absolute atomic E-state index is 0.0153. The van der Waals surface area contributed by atoms with Crippen LogP contribution >= 0.6 is 0 Å². The van der Waals surface area contributed by atoms with Crippen LogP contribution in [0, 0.1) is 13.8 Å². The molecule has 0 atom stereocenters. The fourth-order valence-corrected chi connectivity index (χ4v) is 4.86. The lowest BCUT2D eigenvalue weighted by Gasteiger charge is -2.50. The molecule has 2 aromatic rings. The van der Waals surface area contributed by atoms with Crippen molar-refractivity contribution < 1.29 is 4.79 Å². The normalized spacial score (nSPS) is 19.4. The van der Waals surface area contributed by atoms with Crippen LogP contribution in [0.25, 0.3) is 0 Å². The van der Waals surface area contributed by atoms with Gasteiger partial charge in [-0.1, -0.05) is 6.92 Å². The van der Waals surface area contributed by atoms with Gasteiger partial charge in [0.05, 0.1) is 23.3 Å².